The molecular formula is C10H7BrN4O4S. The van der Waals surface area contributed by atoms with Crippen LogP contribution >= 0.6 is 15.9 Å². The summed E-state index contributed by atoms with van der Waals surface area (Å²) in [6.45, 7) is -1.14. The molecule has 1 aromatic carbocycles. The number of hydrogen-bond donors (Lipinski definition) is 0. The smallest absolute Gasteiger partial charge is 0.258 e. The van der Waals surface area contributed by atoms with Gasteiger partial charge in [0, 0.05) is 10.5 Å². The molecule has 8 nitrogen and oxygen atoms in total. The summed E-state index contributed by atoms with van der Waals surface area (Å²) in [5.74, 6) is 0. The molecule has 0 aromatic heterocycles. The maximum Gasteiger partial charge on any atom is 0.289 e. The molecule has 0 saturated carbocycles. The van der Waals surface area contributed by atoms with Crippen molar-refractivity contribution in [2.24, 2.45) is 0 Å². The molecule has 0 bridgehead atoms. The van der Waals surface area contributed by atoms with Gasteiger partial charge in [0.05, 0.1) is 17.1 Å². The first-order chi connectivity index (χ1) is 9.34. The lowest BCUT2D eigenvalue weighted by molar-refractivity contribution is -0.387. The Kier molecular flexibility index (Phi) is 5.16. The Hall–Kier alpha value is -2.01. The van der Waals surface area contributed by atoms with Crippen LogP contribution in [0, 0.1) is 32.8 Å². The highest BCUT2D eigenvalue weighted by Gasteiger charge is 2.31. The summed E-state index contributed by atoms with van der Waals surface area (Å²) in [5.41, 5.74) is -0.617. The molecule has 0 amide bonds. The van der Waals surface area contributed by atoms with E-state index in [-0.39, 0.29) is 0 Å². The Morgan fingerprint density at radius 3 is 2.30 bits per heavy atom. The number of hydrogen-bond acceptors (Lipinski definition) is 6. The molecule has 0 radical (unpaired) electrons. The standard InChI is InChI=1S/C10H7BrN4O4S/c11-8-1-2-9(15(16)17)10(7-8)20(18,19)14(5-3-12)6-4-13/h1-2,7H,5-6H2. The van der Waals surface area contributed by atoms with Crippen molar-refractivity contribution in [1.29, 1.82) is 10.5 Å². The van der Waals surface area contributed by atoms with Crippen molar-refractivity contribution in [3.8, 4) is 12.1 Å². The molecule has 0 fully saturated rings. The minimum atomic E-state index is -4.31. The quantitative estimate of drug-likeness (QED) is 0.444. The Morgan fingerprint density at radius 2 is 1.85 bits per heavy atom. The van der Waals surface area contributed by atoms with E-state index in [1.54, 1.807) is 12.1 Å². The molecule has 1 rings (SSSR count). The minimum Gasteiger partial charge on any atom is -0.258 e. The Bertz CT molecular complexity index is 704. The second-order valence-corrected chi connectivity index (χ2v) is 6.28. The van der Waals surface area contributed by atoms with Gasteiger partial charge < -0.3 is 0 Å². The summed E-state index contributed by atoms with van der Waals surface area (Å²) in [7, 11) is -4.31. The summed E-state index contributed by atoms with van der Waals surface area (Å²) in [6.07, 6.45) is 0. The minimum absolute atomic E-state index is 0.329. The SMILES string of the molecule is N#CCN(CC#N)S(=O)(=O)c1cc(Br)ccc1[N+](=O)[O-]. The summed E-state index contributed by atoms with van der Waals surface area (Å²) < 4.78 is 25.5. The van der Waals surface area contributed by atoms with Gasteiger partial charge >= 0.3 is 0 Å². The first-order valence-electron chi connectivity index (χ1n) is 5.02. The Morgan fingerprint density at radius 1 is 1.30 bits per heavy atom. The van der Waals surface area contributed by atoms with Gasteiger partial charge in [-0.15, -0.1) is 0 Å². The molecule has 1 aromatic rings. The van der Waals surface area contributed by atoms with Gasteiger partial charge in [-0.3, -0.25) is 10.1 Å². The Balaban J connectivity index is 3.49. The number of benzene rings is 1. The maximum absolute atomic E-state index is 12.3. The van der Waals surface area contributed by atoms with Crippen molar-refractivity contribution in [3.63, 3.8) is 0 Å². The van der Waals surface area contributed by atoms with Gasteiger partial charge in [-0.05, 0) is 12.1 Å². The van der Waals surface area contributed by atoms with Crippen LogP contribution in [0.1, 0.15) is 0 Å². The van der Waals surface area contributed by atoms with Crippen LogP contribution in [0.5, 0.6) is 0 Å². The van der Waals surface area contributed by atoms with Crippen LogP contribution in [0.25, 0.3) is 0 Å². The fourth-order valence-electron chi connectivity index (χ4n) is 1.37. The molecule has 0 aliphatic rings. The lowest BCUT2D eigenvalue weighted by atomic mass is 10.3. The van der Waals surface area contributed by atoms with Crippen molar-refractivity contribution in [1.82, 2.24) is 4.31 Å². The van der Waals surface area contributed by atoms with E-state index in [1.165, 1.54) is 6.07 Å². The van der Waals surface area contributed by atoms with Gasteiger partial charge in [0.25, 0.3) is 15.7 Å². The summed E-state index contributed by atoms with van der Waals surface area (Å²) in [6, 6.07) is 6.64. The third-order valence-electron chi connectivity index (χ3n) is 2.23. The van der Waals surface area contributed by atoms with Crippen LogP contribution in [0.15, 0.2) is 27.6 Å². The molecule has 0 heterocycles. The average Bonchev–Trinajstić information content (AvgIpc) is 2.38. The van der Waals surface area contributed by atoms with Gasteiger partial charge in [-0.1, -0.05) is 15.9 Å². The number of nitro groups is 1. The van der Waals surface area contributed by atoms with E-state index in [0.29, 0.717) is 8.78 Å². The van der Waals surface area contributed by atoms with E-state index >= 15 is 0 Å². The van der Waals surface area contributed by atoms with Crippen molar-refractivity contribution in [2.45, 2.75) is 4.90 Å². The first-order valence-corrected chi connectivity index (χ1v) is 7.26. The van der Waals surface area contributed by atoms with Crippen molar-refractivity contribution >= 4 is 31.6 Å². The van der Waals surface area contributed by atoms with Gasteiger partial charge in [-0.2, -0.15) is 14.8 Å². The lowest BCUT2D eigenvalue weighted by Gasteiger charge is -2.15. The van der Waals surface area contributed by atoms with E-state index < -0.39 is 38.6 Å². The van der Waals surface area contributed by atoms with Crippen LogP contribution < -0.4 is 0 Å². The average molecular weight is 359 g/mol. The highest BCUT2D eigenvalue weighted by molar-refractivity contribution is 9.10. The van der Waals surface area contributed by atoms with Crippen LogP contribution in [0.3, 0.4) is 0 Å². The molecule has 0 aliphatic carbocycles. The fraction of sp³-hybridized carbons (Fsp3) is 0.200. The number of halogens is 1. The van der Waals surface area contributed by atoms with Crippen LogP contribution in [0.2, 0.25) is 0 Å². The molecule has 0 spiro atoms. The largest absolute Gasteiger partial charge is 0.289 e. The van der Waals surface area contributed by atoms with Crippen LogP contribution in [-0.4, -0.2) is 30.7 Å². The van der Waals surface area contributed by atoms with E-state index in [9.17, 15) is 18.5 Å². The third-order valence-corrected chi connectivity index (χ3v) is 4.54. The number of nitro benzene ring substituents is 1. The van der Waals surface area contributed by atoms with Gasteiger partial charge in [0.15, 0.2) is 4.90 Å². The number of nitrogens with zero attached hydrogens (tertiary/aromatic N) is 4. The second kappa shape index (κ2) is 6.43. The maximum atomic E-state index is 12.3. The molecule has 20 heavy (non-hydrogen) atoms. The second-order valence-electron chi connectivity index (χ2n) is 3.46. The molecule has 0 N–H and O–H groups in total. The summed E-state index contributed by atoms with van der Waals surface area (Å²) >= 11 is 3.03. The number of rotatable bonds is 5. The van der Waals surface area contributed by atoms with E-state index in [0.717, 1.165) is 12.1 Å². The molecule has 104 valence electrons. The van der Waals surface area contributed by atoms with Gasteiger partial charge in [0.2, 0.25) is 0 Å². The van der Waals surface area contributed by atoms with Gasteiger partial charge in [-0.25, -0.2) is 8.42 Å². The Labute approximate surface area is 123 Å². The predicted molar refractivity (Wildman–Crippen MR) is 70.8 cm³/mol. The fourth-order valence-corrected chi connectivity index (χ4v) is 3.30. The van der Waals surface area contributed by atoms with Crippen molar-refractivity contribution < 1.29 is 13.3 Å². The third kappa shape index (κ3) is 3.30. The van der Waals surface area contributed by atoms with Crippen LogP contribution in [-0.2, 0) is 10.0 Å². The monoisotopic (exact) mass is 358 g/mol. The molecule has 10 heteroatoms. The molecule has 0 saturated heterocycles. The van der Waals surface area contributed by atoms with Crippen LogP contribution in [0.4, 0.5) is 5.69 Å². The zero-order valence-corrected chi connectivity index (χ0v) is 12.3. The summed E-state index contributed by atoms with van der Waals surface area (Å²) in [4.78, 5) is 9.49. The molecular weight excluding hydrogens is 352 g/mol. The number of nitriles is 2. The summed E-state index contributed by atoms with van der Waals surface area (Å²) in [5, 5.41) is 28.1. The zero-order valence-electron chi connectivity index (χ0n) is 9.85. The first kappa shape index (κ1) is 16.0. The highest BCUT2D eigenvalue weighted by atomic mass is 79.9. The molecule has 0 unspecified atom stereocenters. The predicted octanol–water partition coefficient (Wildman–Crippen LogP) is 1.40. The van der Waals surface area contributed by atoms with Crippen molar-refractivity contribution in [3.05, 3.63) is 32.8 Å². The van der Waals surface area contributed by atoms with E-state index in [1.807, 2.05) is 0 Å². The van der Waals surface area contributed by atoms with E-state index in [4.69, 9.17) is 10.5 Å². The highest BCUT2D eigenvalue weighted by Crippen LogP contribution is 2.29. The number of sulfonamides is 1. The topological polar surface area (TPSA) is 128 Å². The molecule has 0 atom stereocenters. The van der Waals surface area contributed by atoms with E-state index in [2.05, 4.69) is 15.9 Å². The van der Waals surface area contributed by atoms with Gasteiger partial charge in [0.1, 0.15) is 13.1 Å². The van der Waals surface area contributed by atoms with Crippen molar-refractivity contribution in [2.75, 3.05) is 13.1 Å². The lowest BCUT2D eigenvalue weighted by Crippen LogP contribution is -2.32. The zero-order chi connectivity index (χ0) is 15.3. The molecule has 0 aliphatic heterocycles. The normalized spacial score (nSPS) is 10.8.